The third kappa shape index (κ3) is 2.95. The van der Waals surface area contributed by atoms with E-state index in [-0.39, 0.29) is 0 Å². The number of hydrogen-bond donors (Lipinski definition) is 1. The second-order valence-corrected chi connectivity index (χ2v) is 5.61. The van der Waals surface area contributed by atoms with Gasteiger partial charge in [-0.3, -0.25) is 0 Å². The highest BCUT2D eigenvalue weighted by Gasteiger charge is 2.35. The van der Waals surface area contributed by atoms with Crippen molar-refractivity contribution >= 4 is 0 Å². The predicted octanol–water partition coefficient (Wildman–Crippen LogP) is 2.86. The smallest absolute Gasteiger partial charge is 0.227 e. The fourth-order valence-corrected chi connectivity index (χ4v) is 2.76. The van der Waals surface area contributed by atoms with Gasteiger partial charge in [0.05, 0.1) is 5.54 Å². The first-order valence-electron chi connectivity index (χ1n) is 7.13. The van der Waals surface area contributed by atoms with Crippen LogP contribution >= 0.6 is 0 Å². The first kappa shape index (κ1) is 14.1. The Morgan fingerprint density at radius 1 is 1.19 bits per heavy atom. The molecule has 0 radical (unpaired) electrons. The summed E-state index contributed by atoms with van der Waals surface area (Å²) in [5, 5.41) is 3.94. The summed E-state index contributed by atoms with van der Waals surface area (Å²) in [7, 11) is 0. The minimum absolute atomic E-state index is 0.304. The lowest BCUT2D eigenvalue weighted by atomic mass is 9.99. The molecule has 3 rings (SSSR count). The Labute approximate surface area is 121 Å². The van der Waals surface area contributed by atoms with Gasteiger partial charge in [0.1, 0.15) is 11.6 Å². The molecule has 1 fully saturated rings. The van der Waals surface area contributed by atoms with Crippen molar-refractivity contribution in [2.45, 2.75) is 44.1 Å². The molecular weight excluding hydrogens is 276 g/mol. The van der Waals surface area contributed by atoms with Gasteiger partial charge in [0.2, 0.25) is 5.89 Å². The standard InChI is InChI=1S/C15H17F2N3O/c16-11-4-5-12(17)10(9-11)3-6-13-19-14(20-21-13)15(18)7-1-2-8-15/h4-5,9H,1-3,6-8,18H2. The van der Waals surface area contributed by atoms with Crippen LogP contribution in [0.2, 0.25) is 0 Å². The van der Waals surface area contributed by atoms with Crippen molar-refractivity contribution < 1.29 is 13.3 Å². The van der Waals surface area contributed by atoms with Crippen LogP contribution in [0.1, 0.15) is 43.0 Å². The molecule has 0 bridgehead atoms. The number of nitrogens with two attached hydrogens (primary N) is 1. The number of halogens is 2. The van der Waals surface area contributed by atoms with Crippen molar-refractivity contribution in [3.63, 3.8) is 0 Å². The van der Waals surface area contributed by atoms with Crippen molar-refractivity contribution in [1.29, 1.82) is 0 Å². The van der Waals surface area contributed by atoms with Gasteiger partial charge in [-0.1, -0.05) is 18.0 Å². The number of nitrogens with zero attached hydrogens (tertiary/aromatic N) is 2. The quantitative estimate of drug-likeness (QED) is 0.941. The van der Waals surface area contributed by atoms with Gasteiger partial charge in [-0.25, -0.2) is 8.78 Å². The Hall–Kier alpha value is -1.82. The Morgan fingerprint density at radius 2 is 1.95 bits per heavy atom. The second-order valence-electron chi connectivity index (χ2n) is 5.61. The lowest BCUT2D eigenvalue weighted by Gasteiger charge is -2.17. The van der Waals surface area contributed by atoms with Gasteiger partial charge >= 0.3 is 0 Å². The Morgan fingerprint density at radius 3 is 2.71 bits per heavy atom. The van der Waals surface area contributed by atoms with Crippen LogP contribution in [0.25, 0.3) is 0 Å². The average molecular weight is 293 g/mol. The second kappa shape index (κ2) is 5.52. The summed E-state index contributed by atoms with van der Waals surface area (Å²) in [6, 6.07) is 3.41. The Balaban J connectivity index is 1.69. The van der Waals surface area contributed by atoms with E-state index in [4.69, 9.17) is 10.3 Å². The van der Waals surface area contributed by atoms with E-state index in [1.807, 2.05) is 0 Å². The van der Waals surface area contributed by atoms with Crippen LogP contribution in [0.15, 0.2) is 22.7 Å². The highest BCUT2D eigenvalue weighted by molar-refractivity contribution is 5.19. The molecule has 112 valence electrons. The fourth-order valence-electron chi connectivity index (χ4n) is 2.76. The average Bonchev–Trinajstić information content (AvgIpc) is 3.10. The largest absolute Gasteiger partial charge is 0.339 e. The fraction of sp³-hybridized carbons (Fsp3) is 0.467. The van der Waals surface area contributed by atoms with E-state index in [2.05, 4.69) is 10.1 Å². The number of benzene rings is 1. The lowest BCUT2D eigenvalue weighted by molar-refractivity contribution is 0.348. The molecule has 2 aromatic rings. The van der Waals surface area contributed by atoms with Crippen LogP contribution in [-0.2, 0) is 18.4 Å². The number of aryl methyl sites for hydroxylation is 2. The molecule has 2 N–H and O–H groups in total. The van der Waals surface area contributed by atoms with Gasteiger partial charge in [0, 0.05) is 6.42 Å². The van der Waals surface area contributed by atoms with Gasteiger partial charge in [0.25, 0.3) is 0 Å². The third-order valence-corrected chi connectivity index (χ3v) is 4.03. The van der Waals surface area contributed by atoms with Crippen molar-refractivity contribution in [2.75, 3.05) is 0 Å². The molecule has 0 amide bonds. The van der Waals surface area contributed by atoms with Crippen LogP contribution in [-0.4, -0.2) is 10.1 Å². The summed E-state index contributed by atoms with van der Waals surface area (Å²) in [5.41, 5.74) is 6.06. The maximum absolute atomic E-state index is 13.5. The van der Waals surface area contributed by atoms with E-state index in [1.54, 1.807) is 0 Å². The molecule has 1 heterocycles. The molecule has 1 aromatic carbocycles. The zero-order chi connectivity index (χ0) is 14.9. The molecule has 0 spiro atoms. The van der Waals surface area contributed by atoms with E-state index in [0.717, 1.165) is 37.8 Å². The SMILES string of the molecule is NC1(c2noc(CCc3cc(F)ccc3F)n2)CCCC1. The molecule has 6 heteroatoms. The molecule has 1 aromatic heterocycles. The van der Waals surface area contributed by atoms with Gasteiger partial charge in [0.15, 0.2) is 5.82 Å². The molecular formula is C15H17F2N3O. The monoisotopic (exact) mass is 293 g/mol. The van der Waals surface area contributed by atoms with Crippen LogP contribution in [0.3, 0.4) is 0 Å². The zero-order valence-corrected chi connectivity index (χ0v) is 11.6. The van der Waals surface area contributed by atoms with Crippen molar-refractivity contribution in [3.05, 3.63) is 47.1 Å². The number of aromatic nitrogens is 2. The first-order chi connectivity index (χ1) is 10.1. The highest BCUT2D eigenvalue weighted by Crippen LogP contribution is 2.34. The lowest BCUT2D eigenvalue weighted by Crippen LogP contribution is -2.34. The van der Waals surface area contributed by atoms with Gasteiger partial charge in [-0.15, -0.1) is 0 Å². The summed E-state index contributed by atoms with van der Waals surface area (Å²) in [6.45, 7) is 0. The van der Waals surface area contributed by atoms with Gasteiger partial charge in [-0.2, -0.15) is 4.98 Å². The van der Waals surface area contributed by atoms with E-state index in [1.165, 1.54) is 6.07 Å². The molecule has 1 saturated carbocycles. The zero-order valence-electron chi connectivity index (χ0n) is 11.6. The van der Waals surface area contributed by atoms with Crippen molar-refractivity contribution in [1.82, 2.24) is 10.1 Å². The highest BCUT2D eigenvalue weighted by atomic mass is 19.1. The normalized spacial score (nSPS) is 17.3. The molecule has 1 aliphatic rings. The van der Waals surface area contributed by atoms with Crippen molar-refractivity contribution in [2.24, 2.45) is 5.73 Å². The summed E-state index contributed by atoms with van der Waals surface area (Å²) >= 11 is 0. The maximum atomic E-state index is 13.5. The van der Waals surface area contributed by atoms with Crippen LogP contribution < -0.4 is 5.73 Å². The van der Waals surface area contributed by atoms with E-state index in [0.29, 0.717) is 30.1 Å². The minimum Gasteiger partial charge on any atom is -0.339 e. The minimum atomic E-state index is -0.494. The van der Waals surface area contributed by atoms with E-state index in [9.17, 15) is 8.78 Å². The van der Waals surface area contributed by atoms with E-state index >= 15 is 0 Å². The summed E-state index contributed by atoms with van der Waals surface area (Å²) in [4.78, 5) is 4.31. The summed E-state index contributed by atoms with van der Waals surface area (Å²) in [5.74, 6) is 0.0480. The first-order valence-corrected chi connectivity index (χ1v) is 7.13. The van der Waals surface area contributed by atoms with Crippen LogP contribution in [0, 0.1) is 11.6 Å². The molecule has 4 nitrogen and oxygen atoms in total. The van der Waals surface area contributed by atoms with Crippen LogP contribution in [0.4, 0.5) is 8.78 Å². The third-order valence-electron chi connectivity index (χ3n) is 4.03. The van der Waals surface area contributed by atoms with Gasteiger partial charge < -0.3 is 10.3 Å². The van der Waals surface area contributed by atoms with Crippen LogP contribution in [0.5, 0.6) is 0 Å². The molecule has 0 atom stereocenters. The molecule has 0 aliphatic heterocycles. The van der Waals surface area contributed by atoms with E-state index < -0.39 is 17.2 Å². The van der Waals surface area contributed by atoms with Gasteiger partial charge in [-0.05, 0) is 43.0 Å². The topological polar surface area (TPSA) is 64.9 Å². The Kier molecular flexibility index (Phi) is 3.71. The molecule has 0 saturated heterocycles. The number of hydrogen-bond acceptors (Lipinski definition) is 4. The molecule has 21 heavy (non-hydrogen) atoms. The predicted molar refractivity (Wildman–Crippen MR) is 72.4 cm³/mol. The summed E-state index contributed by atoms with van der Waals surface area (Å²) in [6.07, 6.45) is 4.50. The Bertz CT molecular complexity index is 636. The summed E-state index contributed by atoms with van der Waals surface area (Å²) < 4.78 is 31.8. The maximum Gasteiger partial charge on any atom is 0.227 e. The molecule has 1 aliphatic carbocycles. The van der Waals surface area contributed by atoms with Crippen molar-refractivity contribution in [3.8, 4) is 0 Å². The molecule has 0 unspecified atom stereocenters. The number of rotatable bonds is 4.